The standard InChI is InChI=1S/C16H41N9/c1-2-4-6-8-10-12-14-16-18-20-22-24-25-23-21-19-17-15-13-11-9-7-5-3-1/h17-25H,1-16H2. The maximum Gasteiger partial charge on any atom is 0.0113 e. The maximum absolute atomic E-state index is 3.10. The molecular formula is C16H41N9. The lowest BCUT2D eigenvalue weighted by molar-refractivity contribution is 0.242. The first-order valence-corrected chi connectivity index (χ1v) is 10.2. The second kappa shape index (κ2) is 20.0. The van der Waals surface area contributed by atoms with Gasteiger partial charge in [-0.05, 0) is 12.8 Å². The van der Waals surface area contributed by atoms with Gasteiger partial charge in [0.1, 0.15) is 0 Å². The largest absolute Gasteiger partial charge is 0.243 e. The Morgan fingerprint density at radius 2 is 0.480 bits per heavy atom. The molecule has 0 bridgehead atoms. The highest BCUT2D eigenvalue weighted by molar-refractivity contribution is 4.50. The summed E-state index contributed by atoms with van der Waals surface area (Å²) in [5.74, 6) is 0. The van der Waals surface area contributed by atoms with Gasteiger partial charge in [0.25, 0.3) is 0 Å². The molecule has 1 heterocycles. The monoisotopic (exact) mass is 359 g/mol. The van der Waals surface area contributed by atoms with Gasteiger partial charge in [-0.2, -0.15) is 38.7 Å². The van der Waals surface area contributed by atoms with Gasteiger partial charge in [0.05, 0.1) is 0 Å². The molecule has 1 saturated heterocycles. The Morgan fingerprint density at radius 3 is 0.800 bits per heavy atom. The first-order valence-electron chi connectivity index (χ1n) is 10.2. The fraction of sp³-hybridized carbons (Fsp3) is 1.00. The molecule has 25 heavy (non-hydrogen) atoms. The van der Waals surface area contributed by atoms with Crippen LogP contribution in [0.3, 0.4) is 0 Å². The van der Waals surface area contributed by atoms with Crippen LogP contribution in [0.25, 0.3) is 0 Å². The lowest BCUT2D eigenvalue weighted by Crippen LogP contribution is -2.64. The van der Waals surface area contributed by atoms with Crippen molar-refractivity contribution >= 4 is 0 Å². The van der Waals surface area contributed by atoms with Crippen LogP contribution < -0.4 is 49.6 Å². The van der Waals surface area contributed by atoms with Crippen molar-refractivity contribution in [3.05, 3.63) is 0 Å². The molecule has 1 rings (SSSR count). The Kier molecular flexibility index (Phi) is 18.1. The minimum Gasteiger partial charge on any atom is -0.243 e. The van der Waals surface area contributed by atoms with Gasteiger partial charge in [0, 0.05) is 13.1 Å². The van der Waals surface area contributed by atoms with Crippen molar-refractivity contribution in [2.24, 2.45) is 0 Å². The highest BCUT2D eigenvalue weighted by Crippen LogP contribution is 2.12. The summed E-state index contributed by atoms with van der Waals surface area (Å²) in [6.07, 6.45) is 19.0. The van der Waals surface area contributed by atoms with Crippen molar-refractivity contribution < 1.29 is 0 Å². The highest BCUT2D eigenvalue weighted by Gasteiger charge is 1.95. The minimum absolute atomic E-state index is 0.950. The Balaban J connectivity index is 2.00. The molecule has 150 valence electrons. The molecule has 0 radical (unpaired) electrons. The molecule has 0 aliphatic carbocycles. The molecule has 9 N–H and O–H groups in total. The van der Waals surface area contributed by atoms with E-state index in [1.165, 1.54) is 89.9 Å². The molecule has 0 amide bonds. The van der Waals surface area contributed by atoms with E-state index in [0.717, 1.165) is 13.1 Å². The molecule has 9 heteroatoms. The average molecular weight is 360 g/mol. The predicted octanol–water partition coefficient (Wildman–Crippen LogP) is 1.09. The van der Waals surface area contributed by atoms with Gasteiger partial charge in [0.15, 0.2) is 0 Å². The molecule has 0 aromatic carbocycles. The number of nitrogens with one attached hydrogen (secondary N) is 9. The van der Waals surface area contributed by atoms with Crippen LogP contribution >= 0.6 is 0 Å². The van der Waals surface area contributed by atoms with E-state index in [9.17, 15) is 0 Å². The summed E-state index contributed by atoms with van der Waals surface area (Å²) >= 11 is 0. The third-order valence-electron chi connectivity index (χ3n) is 4.41. The van der Waals surface area contributed by atoms with Crippen LogP contribution in [0.5, 0.6) is 0 Å². The van der Waals surface area contributed by atoms with E-state index in [-0.39, 0.29) is 0 Å². The molecule has 0 aromatic heterocycles. The quantitative estimate of drug-likeness (QED) is 0.314. The highest BCUT2D eigenvalue weighted by atomic mass is 15.9. The van der Waals surface area contributed by atoms with Crippen LogP contribution in [0, 0.1) is 0 Å². The van der Waals surface area contributed by atoms with Crippen molar-refractivity contribution in [2.45, 2.75) is 89.9 Å². The fourth-order valence-corrected chi connectivity index (χ4v) is 2.92. The van der Waals surface area contributed by atoms with Gasteiger partial charge in [0.2, 0.25) is 0 Å². The molecule has 9 nitrogen and oxygen atoms in total. The zero-order chi connectivity index (χ0) is 17.7. The summed E-state index contributed by atoms with van der Waals surface area (Å²) in [7, 11) is 0. The normalized spacial score (nSPS) is 24.0. The Hall–Kier alpha value is -0.360. The van der Waals surface area contributed by atoms with Crippen molar-refractivity contribution in [3.8, 4) is 0 Å². The molecular weight excluding hydrogens is 318 g/mol. The van der Waals surface area contributed by atoms with E-state index in [2.05, 4.69) is 49.6 Å². The summed E-state index contributed by atoms with van der Waals surface area (Å²) in [4.78, 5) is 0. The molecule has 1 aliphatic heterocycles. The van der Waals surface area contributed by atoms with E-state index in [4.69, 9.17) is 0 Å². The fourth-order valence-electron chi connectivity index (χ4n) is 2.92. The third kappa shape index (κ3) is 18.2. The topological polar surface area (TPSA) is 108 Å². The van der Waals surface area contributed by atoms with E-state index in [1.54, 1.807) is 0 Å². The van der Waals surface area contributed by atoms with Crippen LogP contribution in [0.4, 0.5) is 0 Å². The van der Waals surface area contributed by atoms with E-state index in [0.29, 0.717) is 0 Å². The van der Waals surface area contributed by atoms with E-state index >= 15 is 0 Å². The first kappa shape index (κ1) is 22.7. The second-order valence-electron chi connectivity index (χ2n) is 6.68. The summed E-state index contributed by atoms with van der Waals surface area (Å²) in [5, 5.41) is 0. The van der Waals surface area contributed by atoms with E-state index < -0.39 is 0 Å². The molecule has 1 fully saturated rings. The summed E-state index contributed by atoms with van der Waals surface area (Å²) in [6, 6.07) is 0. The van der Waals surface area contributed by atoms with Gasteiger partial charge in [-0.1, -0.05) is 77.0 Å². The van der Waals surface area contributed by atoms with Crippen molar-refractivity contribution in [1.82, 2.24) is 49.6 Å². The second-order valence-corrected chi connectivity index (χ2v) is 6.68. The Labute approximate surface area is 153 Å². The number of rotatable bonds is 0. The smallest absolute Gasteiger partial charge is 0.0113 e. The first-order chi connectivity index (χ1) is 12.5. The van der Waals surface area contributed by atoms with Crippen LogP contribution in [-0.2, 0) is 0 Å². The van der Waals surface area contributed by atoms with Gasteiger partial charge in [-0.3, -0.25) is 0 Å². The van der Waals surface area contributed by atoms with Gasteiger partial charge in [-0.25, -0.2) is 10.9 Å². The van der Waals surface area contributed by atoms with Crippen molar-refractivity contribution in [2.75, 3.05) is 13.1 Å². The SMILES string of the molecule is C1CCCCCCCCNNNNNNNNNCCCCCCC1. The number of hydrogen-bond donors (Lipinski definition) is 9. The zero-order valence-corrected chi connectivity index (χ0v) is 15.8. The van der Waals surface area contributed by atoms with Crippen LogP contribution in [0.1, 0.15) is 89.9 Å². The van der Waals surface area contributed by atoms with Crippen LogP contribution in [-0.4, -0.2) is 13.1 Å². The molecule has 0 unspecified atom stereocenters. The van der Waals surface area contributed by atoms with E-state index in [1.807, 2.05) is 0 Å². The Bertz CT molecular complexity index is 140. The summed E-state index contributed by atoms with van der Waals surface area (Å²) in [6.45, 7) is 1.90. The molecule has 0 atom stereocenters. The maximum atomic E-state index is 3.10. The van der Waals surface area contributed by atoms with Crippen LogP contribution in [0.2, 0.25) is 0 Å². The molecule has 0 saturated carbocycles. The van der Waals surface area contributed by atoms with Crippen LogP contribution in [0.15, 0.2) is 0 Å². The predicted molar refractivity (Wildman–Crippen MR) is 103 cm³/mol. The molecule has 1 aliphatic rings. The summed E-state index contributed by atoms with van der Waals surface area (Å²) < 4.78 is 0. The molecule has 0 aromatic rings. The molecule has 0 spiro atoms. The third-order valence-corrected chi connectivity index (χ3v) is 4.41. The lowest BCUT2D eigenvalue weighted by Gasteiger charge is -2.13. The van der Waals surface area contributed by atoms with Gasteiger partial charge in [-0.15, -0.1) is 0 Å². The van der Waals surface area contributed by atoms with Crippen molar-refractivity contribution in [1.29, 1.82) is 0 Å². The lowest BCUT2D eigenvalue weighted by atomic mass is 10.0. The van der Waals surface area contributed by atoms with Gasteiger partial charge >= 0.3 is 0 Å². The number of hydrazine groups is 8. The van der Waals surface area contributed by atoms with Crippen molar-refractivity contribution in [3.63, 3.8) is 0 Å². The zero-order valence-electron chi connectivity index (χ0n) is 15.8. The summed E-state index contributed by atoms with van der Waals surface area (Å²) in [5.41, 5.74) is 25.6. The average Bonchev–Trinajstić information content (AvgIpc) is 2.62. The number of hydrogen-bond acceptors (Lipinski definition) is 9. The van der Waals surface area contributed by atoms with Gasteiger partial charge < -0.3 is 0 Å². The minimum atomic E-state index is 0.950. The Morgan fingerprint density at radius 1 is 0.240 bits per heavy atom.